The Kier molecular flexibility index (Phi) is 6.88. The van der Waals surface area contributed by atoms with Gasteiger partial charge in [-0.25, -0.2) is 4.39 Å². The highest BCUT2D eigenvalue weighted by Gasteiger charge is 2.35. The van der Waals surface area contributed by atoms with Crippen molar-refractivity contribution in [2.75, 3.05) is 37.9 Å². The SMILES string of the molecule is CN(C)CC(=O)N(C)c1ccc(N=C(c2ccc3nccnc3c2)C2C(=O)Nc3cc(Cl)ccc32)cc1F. The number of hydrogen-bond acceptors (Lipinski definition) is 6. The number of amides is 2. The number of nitrogens with one attached hydrogen (secondary N) is 1. The largest absolute Gasteiger partial charge is 0.325 e. The van der Waals surface area contributed by atoms with Crippen LogP contribution in [0, 0.1) is 5.82 Å². The number of carbonyl (C=O) groups is 2. The Hall–Kier alpha value is -4.21. The Labute approximate surface area is 223 Å². The Morgan fingerprint density at radius 1 is 1.03 bits per heavy atom. The fourth-order valence-electron chi connectivity index (χ4n) is 4.41. The Bertz CT molecular complexity index is 1610. The van der Waals surface area contributed by atoms with E-state index in [1.165, 1.54) is 24.1 Å². The van der Waals surface area contributed by atoms with Gasteiger partial charge in [0.2, 0.25) is 11.8 Å². The van der Waals surface area contributed by atoms with Gasteiger partial charge >= 0.3 is 0 Å². The van der Waals surface area contributed by atoms with E-state index in [0.29, 0.717) is 44.3 Å². The summed E-state index contributed by atoms with van der Waals surface area (Å²) in [7, 11) is 5.07. The summed E-state index contributed by atoms with van der Waals surface area (Å²) in [4.78, 5) is 42.1. The number of rotatable bonds is 6. The van der Waals surface area contributed by atoms with Gasteiger partial charge in [-0.2, -0.15) is 0 Å². The van der Waals surface area contributed by atoms with Crippen LogP contribution in [0.15, 0.2) is 72.0 Å². The third kappa shape index (κ3) is 4.98. The third-order valence-corrected chi connectivity index (χ3v) is 6.49. The normalized spacial score (nSPS) is 15.1. The van der Waals surface area contributed by atoms with Crippen LogP contribution in [0.3, 0.4) is 0 Å². The van der Waals surface area contributed by atoms with Crippen LogP contribution in [0.5, 0.6) is 0 Å². The van der Waals surface area contributed by atoms with E-state index in [2.05, 4.69) is 15.3 Å². The molecule has 0 bridgehead atoms. The van der Waals surface area contributed by atoms with Gasteiger partial charge in [0.05, 0.1) is 34.7 Å². The Morgan fingerprint density at radius 2 is 1.79 bits per heavy atom. The predicted molar refractivity (Wildman–Crippen MR) is 147 cm³/mol. The molecule has 1 aliphatic rings. The molecule has 5 rings (SSSR count). The molecule has 0 radical (unpaired) electrons. The molecule has 1 aromatic heterocycles. The van der Waals surface area contributed by atoms with Gasteiger partial charge in [0.25, 0.3) is 0 Å². The van der Waals surface area contributed by atoms with E-state index in [0.717, 1.165) is 0 Å². The second kappa shape index (κ2) is 10.3. The number of anilines is 2. The Balaban J connectivity index is 1.61. The standard InChI is InChI=1S/C28H24ClFN6O2/c1-35(2)15-25(37)36(3)24-9-6-18(14-20(24)30)33-27(16-4-8-21-23(12-16)32-11-10-31-21)26-19-7-5-17(29)13-22(19)34-28(26)38/h4-14,26H,15H2,1-3H3,(H,34,38). The highest BCUT2D eigenvalue weighted by molar-refractivity contribution is 6.31. The number of carbonyl (C=O) groups excluding carboxylic acids is 2. The van der Waals surface area contributed by atoms with Crippen molar-refractivity contribution in [2.24, 2.45) is 4.99 Å². The van der Waals surface area contributed by atoms with Crippen molar-refractivity contribution in [2.45, 2.75) is 5.92 Å². The number of nitrogens with zero attached hydrogens (tertiary/aromatic N) is 5. The minimum Gasteiger partial charge on any atom is -0.325 e. The molecule has 0 fully saturated rings. The van der Waals surface area contributed by atoms with Crippen molar-refractivity contribution in [1.82, 2.24) is 14.9 Å². The van der Waals surface area contributed by atoms with E-state index in [9.17, 15) is 9.59 Å². The lowest BCUT2D eigenvalue weighted by Crippen LogP contribution is -2.35. The van der Waals surface area contributed by atoms with Crippen LogP contribution < -0.4 is 10.2 Å². The molecule has 10 heteroatoms. The number of fused-ring (bicyclic) bond motifs is 2. The number of aliphatic imine (C=N–C) groups is 1. The Morgan fingerprint density at radius 3 is 2.53 bits per heavy atom. The topological polar surface area (TPSA) is 90.8 Å². The molecule has 0 aliphatic carbocycles. The average Bonchev–Trinajstić information content (AvgIpc) is 3.20. The highest BCUT2D eigenvalue weighted by Crippen LogP contribution is 2.38. The minimum absolute atomic E-state index is 0.136. The smallest absolute Gasteiger partial charge is 0.240 e. The molecule has 0 saturated carbocycles. The van der Waals surface area contributed by atoms with Gasteiger partial charge in [0.15, 0.2) is 0 Å². The van der Waals surface area contributed by atoms with E-state index in [1.54, 1.807) is 67.8 Å². The zero-order chi connectivity index (χ0) is 27.0. The van der Waals surface area contributed by atoms with Crippen molar-refractivity contribution >= 4 is 57.2 Å². The van der Waals surface area contributed by atoms with E-state index >= 15 is 4.39 Å². The molecule has 1 N–H and O–H groups in total. The van der Waals surface area contributed by atoms with Gasteiger partial charge in [0, 0.05) is 36.2 Å². The third-order valence-electron chi connectivity index (χ3n) is 6.25. The molecule has 0 spiro atoms. The van der Waals surface area contributed by atoms with Crippen molar-refractivity contribution < 1.29 is 14.0 Å². The molecule has 1 atom stereocenters. The quantitative estimate of drug-likeness (QED) is 0.361. The summed E-state index contributed by atoms with van der Waals surface area (Å²) in [5, 5.41) is 3.37. The molecule has 192 valence electrons. The number of halogens is 2. The molecule has 1 aliphatic heterocycles. The fourth-order valence-corrected chi connectivity index (χ4v) is 4.58. The first-order valence-electron chi connectivity index (χ1n) is 11.8. The van der Waals surface area contributed by atoms with Gasteiger partial charge < -0.3 is 15.1 Å². The maximum atomic E-state index is 15.2. The zero-order valence-corrected chi connectivity index (χ0v) is 21.7. The summed E-state index contributed by atoms with van der Waals surface area (Å²) >= 11 is 6.15. The lowest BCUT2D eigenvalue weighted by Gasteiger charge is -2.20. The summed E-state index contributed by atoms with van der Waals surface area (Å²) in [5.41, 5.74) is 4.13. The number of benzene rings is 3. The summed E-state index contributed by atoms with van der Waals surface area (Å²) in [5.74, 6) is -1.89. The van der Waals surface area contributed by atoms with E-state index in [-0.39, 0.29) is 24.0 Å². The minimum atomic E-state index is -0.761. The molecule has 2 amide bonds. The van der Waals surface area contributed by atoms with Gasteiger partial charge in [-0.3, -0.25) is 24.5 Å². The molecule has 38 heavy (non-hydrogen) atoms. The highest BCUT2D eigenvalue weighted by atomic mass is 35.5. The lowest BCUT2D eigenvalue weighted by atomic mass is 9.90. The van der Waals surface area contributed by atoms with Crippen molar-refractivity contribution in [3.8, 4) is 0 Å². The van der Waals surface area contributed by atoms with E-state index < -0.39 is 11.7 Å². The molecular weight excluding hydrogens is 507 g/mol. The second-order valence-corrected chi connectivity index (χ2v) is 9.67. The maximum Gasteiger partial charge on any atom is 0.240 e. The molecule has 0 saturated heterocycles. The van der Waals surface area contributed by atoms with Crippen LogP contribution in [-0.2, 0) is 9.59 Å². The monoisotopic (exact) mass is 530 g/mol. The van der Waals surface area contributed by atoms with Crippen LogP contribution >= 0.6 is 11.6 Å². The molecular formula is C28H24ClFN6O2. The van der Waals surface area contributed by atoms with Crippen molar-refractivity contribution in [3.63, 3.8) is 0 Å². The molecule has 4 aromatic rings. The van der Waals surface area contributed by atoms with E-state index in [1.807, 2.05) is 6.07 Å². The zero-order valence-electron chi connectivity index (χ0n) is 20.9. The maximum absolute atomic E-state index is 15.2. The van der Waals surface area contributed by atoms with Crippen LogP contribution in [-0.4, -0.2) is 60.1 Å². The van der Waals surface area contributed by atoms with Crippen molar-refractivity contribution in [3.05, 3.63) is 89.0 Å². The summed E-state index contributed by atoms with van der Waals surface area (Å²) in [6.45, 7) is 0.144. The lowest BCUT2D eigenvalue weighted by molar-refractivity contribution is -0.119. The molecule has 2 heterocycles. The summed E-state index contributed by atoms with van der Waals surface area (Å²) < 4.78 is 15.2. The molecule has 8 nitrogen and oxygen atoms in total. The fraction of sp³-hybridized carbons (Fsp3) is 0.179. The predicted octanol–water partition coefficient (Wildman–Crippen LogP) is 4.80. The number of likely N-dealkylation sites (N-methyl/N-ethyl adjacent to an activating group) is 2. The van der Waals surface area contributed by atoms with Crippen LogP contribution in [0.1, 0.15) is 17.0 Å². The van der Waals surface area contributed by atoms with Gasteiger partial charge in [0.1, 0.15) is 11.7 Å². The number of aromatic nitrogens is 2. The number of hydrogen-bond donors (Lipinski definition) is 1. The van der Waals surface area contributed by atoms with Crippen LogP contribution in [0.2, 0.25) is 5.02 Å². The summed E-state index contributed by atoms with van der Waals surface area (Å²) in [6.07, 6.45) is 3.19. The van der Waals surface area contributed by atoms with Crippen molar-refractivity contribution in [1.29, 1.82) is 0 Å². The average molecular weight is 531 g/mol. The first-order valence-corrected chi connectivity index (χ1v) is 12.2. The summed E-state index contributed by atoms with van der Waals surface area (Å²) in [6, 6.07) is 15.0. The molecule has 3 aromatic carbocycles. The van der Waals surface area contributed by atoms with Gasteiger partial charge in [-0.05, 0) is 61.6 Å². The molecule has 1 unspecified atom stereocenters. The first kappa shape index (κ1) is 25.4. The van der Waals surface area contributed by atoms with Gasteiger partial charge in [-0.1, -0.05) is 23.7 Å². The van der Waals surface area contributed by atoms with E-state index in [4.69, 9.17) is 16.6 Å². The van der Waals surface area contributed by atoms with Gasteiger partial charge in [-0.15, -0.1) is 0 Å². The van der Waals surface area contributed by atoms with Crippen LogP contribution in [0.4, 0.5) is 21.5 Å². The second-order valence-electron chi connectivity index (χ2n) is 9.24. The van der Waals surface area contributed by atoms with Crippen LogP contribution in [0.25, 0.3) is 11.0 Å². The first-order chi connectivity index (χ1) is 18.2.